The summed E-state index contributed by atoms with van der Waals surface area (Å²) in [4.78, 5) is 35.5. The standard InChI is InChI=1S/C31H28F3N5O6S.ClH/c1-2-17-14-30(17,29(41)39-46(42,43)20-11-12-20)38-27(40)22-13-19(15-35-22)44-28-25-24(21-5-3-4-6-23(21)45-25)36-26(37-28)16-7-9-18(10-8-16)31(32,33)34;/h2-10,17,19-20,22,35H,1,11-15H2,(H,38,40)(H,39,41);1H/t17-,19?,22?,30?;/m1./s1. The largest absolute Gasteiger partial charge is 0.470 e. The number of halogens is 4. The number of rotatable bonds is 9. The van der Waals surface area contributed by atoms with Gasteiger partial charge >= 0.3 is 6.18 Å². The number of furan rings is 1. The molecule has 11 nitrogen and oxygen atoms in total. The highest BCUT2D eigenvalue weighted by atomic mass is 35.5. The molecule has 1 saturated heterocycles. The van der Waals surface area contributed by atoms with Gasteiger partial charge in [0.05, 0.1) is 16.9 Å². The molecule has 2 aromatic carbocycles. The van der Waals surface area contributed by atoms with Crippen LogP contribution in [0.15, 0.2) is 65.6 Å². The van der Waals surface area contributed by atoms with Crippen molar-refractivity contribution >= 4 is 56.3 Å². The third-order valence-corrected chi connectivity index (χ3v) is 10.4. The van der Waals surface area contributed by atoms with Gasteiger partial charge in [0.2, 0.25) is 21.5 Å². The molecule has 3 N–H and O–H groups in total. The number of hydrogen-bond acceptors (Lipinski definition) is 9. The van der Waals surface area contributed by atoms with E-state index < -0.39 is 62.4 Å². The van der Waals surface area contributed by atoms with Gasteiger partial charge in [0.15, 0.2) is 5.82 Å². The Kier molecular flexibility index (Phi) is 8.21. The average molecular weight is 692 g/mol. The number of nitrogens with zero attached hydrogens (tertiary/aromatic N) is 2. The number of nitrogens with one attached hydrogen (secondary N) is 3. The summed E-state index contributed by atoms with van der Waals surface area (Å²) in [6.07, 6.45) is -2.21. The van der Waals surface area contributed by atoms with E-state index in [1.54, 1.807) is 24.3 Å². The maximum atomic E-state index is 13.3. The third kappa shape index (κ3) is 6.14. The van der Waals surface area contributed by atoms with Crippen molar-refractivity contribution in [2.75, 3.05) is 6.54 Å². The van der Waals surface area contributed by atoms with E-state index in [4.69, 9.17) is 9.15 Å². The van der Waals surface area contributed by atoms with Crippen molar-refractivity contribution in [3.05, 3.63) is 66.7 Å². The van der Waals surface area contributed by atoms with Gasteiger partial charge in [-0.05, 0) is 43.5 Å². The van der Waals surface area contributed by atoms with E-state index in [-0.39, 0.29) is 49.1 Å². The number of benzene rings is 2. The van der Waals surface area contributed by atoms with Gasteiger partial charge < -0.3 is 19.8 Å². The lowest BCUT2D eigenvalue weighted by molar-refractivity contribution is -0.137. The van der Waals surface area contributed by atoms with Crippen LogP contribution in [0.4, 0.5) is 13.2 Å². The minimum atomic E-state index is -4.50. The normalized spacial score (nSPS) is 24.0. The van der Waals surface area contributed by atoms with Crippen molar-refractivity contribution in [1.29, 1.82) is 0 Å². The molecule has 0 bridgehead atoms. The molecule has 4 atom stereocenters. The molecule has 0 radical (unpaired) electrons. The van der Waals surface area contributed by atoms with E-state index in [0.29, 0.717) is 34.9 Å². The van der Waals surface area contributed by atoms with Crippen molar-refractivity contribution in [3.63, 3.8) is 0 Å². The molecule has 4 aromatic rings. The molecule has 2 aliphatic carbocycles. The zero-order chi connectivity index (χ0) is 32.4. The van der Waals surface area contributed by atoms with Crippen LogP contribution < -0.4 is 20.1 Å². The SMILES string of the molecule is C=C[C@@H]1CC1(NC(=O)C1CC(Oc2nc(-c3ccc(C(F)(F)F)cc3)nc3c2oc2ccccc23)CN1)C(=O)NS(=O)(=O)C1CC1.Cl. The zero-order valence-electron chi connectivity index (χ0n) is 24.5. The van der Waals surface area contributed by atoms with E-state index in [1.165, 1.54) is 18.2 Å². The van der Waals surface area contributed by atoms with E-state index in [1.807, 2.05) is 0 Å². The fraction of sp³-hybridized carbons (Fsp3) is 0.355. The summed E-state index contributed by atoms with van der Waals surface area (Å²) in [5, 5.41) is 5.88. The summed E-state index contributed by atoms with van der Waals surface area (Å²) in [5.41, 5.74) is -0.723. The Morgan fingerprint density at radius 2 is 1.83 bits per heavy atom. The molecule has 2 amide bonds. The highest BCUT2D eigenvalue weighted by Crippen LogP contribution is 2.45. The van der Waals surface area contributed by atoms with E-state index in [0.717, 1.165) is 12.1 Å². The molecule has 16 heteroatoms. The quantitative estimate of drug-likeness (QED) is 0.219. The zero-order valence-corrected chi connectivity index (χ0v) is 26.2. The Hall–Kier alpha value is -4.21. The topological polar surface area (TPSA) is 153 Å². The molecule has 2 saturated carbocycles. The molecule has 47 heavy (non-hydrogen) atoms. The van der Waals surface area contributed by atoms with Gasteiger partial charge in [-0.15, -0.1) is 19.0 Å². The smallest absolute Gasteiger partial charge is 0.416 e. The molecule has 3 fully saturated rings. The number of carbonyl (C=O) groups is 2. The Morgan fingerprint density at radius 1 is 1.11 bits per heavy atom. The molecule has 248 valence electrons. The third-order valence-electron chi connectivity index (χ3n) is 8.59. The monoisotopic (exact) mass is 691 g/mol. The molecular formula is C31H29ClF3N5O6S. The summed E-state index contributed by atoms with van der Waals surface area (Å²) in [6, 6.07) is 10.8. The molecule has 3 aliphatic rings. The van der Waals surface area contributed by atoms with Gasteiger partial charge in [-0.2, -0.15) is 18.2 Å². The number of sulfonamides is 1. The van der Waals surface area contributed by atoms with Gasteiger partial charge in [0.1, 0.15) is 22.7 Å². The number of para-hydroxylation sites is 1. The molecule has 1 aliphatic heterocycles. The first-order chi connectivity index (χ1) is 21.9. The van der Waals surface area contributed by atoms with E-state index in [9.17, 15) is 31.2 Å². The molecule has 3 unspecified atom stereocenters. The fourth-order valence-corrected chi connectivity index (χ4v) is 7.12. The van der Waals surface area contributed by atoms with Crippen LogP contribution in [0.1, 0.15) is 31.2 Å². The van der Waals surface area contributed by atoms with Crippen LogP contribution in [0, 0.1) is 5.92 Å². The highest BCUT2D eigenvalue weighted by Gasteiger charge is 2.61. The maximum absolute atomic E-state index is 13.3. The average Bonchev–Trinajstić information content (AvgIpc) is 3.92. The van der Waals surface area contributed by atoms with Crippen LogP contribution >= 0.6 is 12.4 Å². The number of fused-ring (bicyclic) bond motifs is 3. The second-order valence-corrected chi connectivity index (χ2v) is 13.8. The first-order valence-corrected chi connectivity index (χ1v) is 16.2. The summed E-state index contributed by atoms with van der Waals surface area (Å²) in [6.45, 7) is 3.93. The summed E-state index contributed by atoms with van der Waals surface area (Å²) < 4.78 is 78.6. The lowest BCUT2D eigenvalue weighted by Crippen LogP contribution is -2.55. The van der Waals surface area contributed by atoms with E-state index >= 15 is 0 Å². The van der Waals surface area contributed by atoms with Crippen LogP contribution in [0.3, 0.4) is 0 Å². The lowest BCUT2D eigenvalue weighted by atomic mass is 10.1. The molecule has 3 heterocycles. The van der Waals surface area contributed by atoms with Crippen molar-refractivity contribution in [2.45, 2.75) is 54.8 Å². The van der Waals surface area contributed by atoms with Gasteiger partial charge in [0, 0.05) is 29.8 Å². The minimum absolute atomic E-state index is 0. The number of alkyl halides is 3. The van der Waals surface area contributed by atoms with Crippen molar-refractivity contribution in [1.82, 2.24) is 25.3 Å². The van der Waals surface area contributed by atoms with Gasteiger partial charge in [-0.25, -0.2) is 13.4 Å². The van der Waals surface area contributed by atoms with Crippen molar-refractivity contribution < 1.29 is 40.3 Å². The van der Waals surface area contributed by atoms with Gasteiger partial charge in [-0.3, -0.25) is 14.3 Å². The Morgan fingerprint density at radius 3 is 2.49 bits per heavy atom. The van der Waals surface area contributed by atoms with E-state index in [2.05, 4.69) is 31.9 Å². The second-order valence-electron chi connectivity index (χ2n) is 11.8. The Bertz CT molecular complexity index is 2000. The molecular weight excluding hydrogens is 663 g/mol. The van der Waals surface area contributed by atoms with Crippen LogP contribution in [0.25, 0.3) is 33.5 Å². The van der Waals surface area contributed by atoms with Crippen molar-refractivity contribution in [3.8, 4) is 17.3 Å². The number of carbonyl (C=O) groups excluding carboxylic acids is 2. The molecule has 0 spiro atoms. The van der Waals surface area contributed by atoms with Crippen LogP contribution in [0.5, 0.6) is 5.88 Å². The number of ether oxygens (including phenoxy) is 1. The van der Waals surface area contributed by atoms with Crippen LogP contribution in [0.2, 0.25) is 0 Å². The predicted molar refractivity (Wildman–Crippen MR) is 167 cm³/mol. The number of hydrogen-bond donors (Lipinski definition) is 3. The summed E-state index contributed by atoms with van der Waals surface area (Å²) >= 11 is 0. The minimum Gasteiger partial charge on any atom is -0.470 e. The number of amides is 2. The summed E-state index contributed by atoms with van der Waals surface area (Å²) in [7, 11) is -3.81. The fourth-order valence-electron chi connectivity index (χ4n) is 5.76. The molecule has 2 aromatic heterocycles. The summed E-state index contributed by atoms with van der Waals surface area (Å²) in [5.74, 6) is -1.53. The lowest BCUT2D eigenvalue weighted by Gasteiger charge is -2.21. The molecule has 7 rings (SSSR count). The van der Waals surface area contributed by atoms with Crippen molar-refractivity contribution in [2.24, 2.45) is 5.92 Å². The maximum Gasteiger partial charge on any atom is 0.416 e. The predicted octanol–water partition coefficient (Wildman–Crippen LogP) is 4.26. The van der Waals surface area contributed by atoms with Gasteiger partial charge in [-0.1, -0.05) is 30.3 Å². The number of aromatic nitrogens is 2. The Labute approximate surface area is 272 Å². The first-order valence-electron chi connectivity index (χ1n) is 14.7. The Balaban J connectivity index is 0.00000386. The van der Waals surface area contributed by atoms with Crippen LogP contribution in [-0.2, 0) is 25.8 Å². The highest BCUT2D eigenvalue weighted by molar-refractivity contribution is 7.91. The van der Waals surface area contributed by atoms with Gasteiger partial charge in [0.25, 0.3) is 11.8 Å². The second kappa shape index (κ2) is 11.8. The first kappa shape index (κ1) is 32.7. The van der Waals surface area contributed by atoms with Crippen LogP contribution in [-0.4, -0.2) is 59.7 Å².